The van der Waals surface area contributed by atoms with Gasteiger partial charge in [0.25, 0.3) is 0 Å². The van der Waals surface area contributed by atoms with E-state index in [9.17, 15) is 4.79 Å². The summed E-state index contributed by atoms with van der Waals surface area (Å²) in [4.78, 5) is 11.8. The first-order valence-electron chi connectivity index (χ1n) is 6.94. The van der Waals surface area contributed by atoms with E-state index < -0.39 is 0 Å². The van der Waals surface area contributed by atoms with E-state index in [4.69, 9.17) is 10.5 Å². The molecule has 21 heavy (non-hydrogen) atoms. The number of amides is 1. The van der Waals surface area contributed by atoms with Crippen LogP contribution in [-0.4, -0.2) is 19.1 Å². The zero-order valence-corrected chi connectivity index (χ0v) is 12.1. The van der Waals surface area contributed by atoms with Gasteiger partial charge < -0.3 is 15.8 Å². The summed E-state index contributed by atoms with van der Waals surface area (Å²) >= 11 is 0. The minimum atomic E-state index is -0.0338. The molecule has 0 aromatic heterocycles. The Morgan fingerprint density at radius 3 is 2.76 bits per heavy atom. The van der Waals surface area contributed by atoms with E-state index in [1.807, 2.05) is 49.4 Å². The number of hydrogen-bond donors (Lipinski definition) is 2. The summed E-state index contributed by atoms with van der Waals surface area (Å²) in [5.74, 6) is 0.786. The van der Waals surface area contributed by atoms with E-state index in [2.05, 4.69) is 5.32 Å². The van der Waals surface area contributed by atoms with Crippen LogP contribution in [0.1, 0.15) is 11.1 Å². The molecule has 0 heterocycles. The van der Waals surface area contributed by atoms with Crippen LogP contribution in [0.25, 0.3) is 0 Å². The van der Waals surface area contributed by atoms with Crippen molar-refractivity contribution in [2.24, 2.45) is 0 Å². The Labute approximate surface area is 124 Å². The molecule has 110 valence electrons. The van der Waals surface area contributed by atoms with E-state index in [1.54, 1.807) is 6.07 Å². The zero-order chi connectivity index (χ0) is 15.1. The Morgan fingerprint density at radius 1 is 1.19 bits per heavy atom. The highest BCUT2D eigenvalue weighted by Gasteiger charge is 2.03. The van der Waals surface area contributed by atoms with Gasteiger partial charge in [-0.3, -0.25) is 4.79 Å². The molecule has 0 saturated heterocycles. The van der Waals surface area contributed by atoms with Crippen molar-refractivity contribution in [2.45, 2.75) is 13.3 Å². The van der Waals surface area contributed by atoms with Crippen LogP contribution in [0.2, 0.25) is 0 Å². The smallest absolute Gasteiger partial charge is 0.224 e. The Morgan fingerprint density at radius 2 is 2.00 bits per heavy atom. The second-order valence-corrected chi connectivity index (χ2v) is 4.94. The summed E-state index contributed by atoms with van der Waals surface area (Å²) in [6.07, 6.45) is 0.329. The van der Waals surface area contributed by atoms with Gasteiger partial charge in [-0.2, -0.15) is 0 Å². The standard InChI is InChI=1S/C17H20N2O2/c1-13-4-2-7-16(10-13)21-9-8-19-17(20)12-14-5-3-6-15(18)11-14/h2-7,10-11H,8-9,12,18H2,1H3,(H,19,20). The van der Waals surface area contributed by atoms with Gasteiger partial charge in [-0.25, -0.2) is 0 Å². The van der Waals surface area contributed by atoms with Gasteiger partial charge in [0.2, 0.25) is 5.91 Å². The molecule has 0 aliphatic carbocycles. The van der Waals surface area contributed by atoms with Crippen LogP contribution in [0.5, 0.6) is 5.75 Å². The Hall–Kier alpha value is -2.49. The van der Waals surface area contributed by atoms with Crippen LogP contribution in [0, 0.1) is 6.92 Å². The first-order valence-corrected chi connectivity index (χ1v) is 6.94. The van der Waals surface area contributed by atoms with E-state index in [0.29, 0.717) is 25.3 Å². The molecular formula is C17H20N2O2. The first kappa shape index (κ1) is 14.9. The number of anilines is 1. The van der Waals surface area contributed by atoms with Gasteiger partial charge in [0.1, 0.15) is 12.4 Å². The molecule has 4 heteroatoms. The third-order valence-electron chi connectivity index (χ3n) is 3.00. The highest BCUT2D eigenvalue weighted by Crippen LogP contribution is 2.11. The normalized spacial score (nSPS) is 10.1. The number of rotatable bonds is 6. The number of aryl methyl sites for hydroxylation is 1. The van der Waals surface area contributed by atoms with Crippen molar-refractivity contribution in [2.75, 3.05) is 18.9 Å². The van der Waals surface area contributed by atoms with Gasteiger partial charge in [-0.15, -0.1) is 0 Å². The van der Waals surface area contributed by atoms with E-state index in [-0.39, 0.29) is 5.91 Å². The number of hydrogen-bond acceptors (Lipinski definition) is 3. The maximum absolute atomic E-state index is 11.8. The van der Waals surface area contributed by atoms with E-state index in [0.717, 1.165) is 16.9 Å². The van der Waals surface area contributed by atoms with E-state index >= 15 is 0 Å². The Bertz CT molecular complexity index is 611. The number of nitrogen functional groups attached to an aromatic ring is 1. The Balaban J connectivity index is 1.70. The summed E-state index contributed by atoms with van der Waals surface area (Å²) in [5.41, 5.74) is 8.41. The van der Waals surface area contributed by atoms with Crippen molar-refractivity contribution in [1.29, 1.82) is 0 Å². The van der Waals surface area contributed by atoms with Crippen LogP contribution >= 0.6 is 0 Å². The van der Waals surface area contributed by atoms with Crippen molar-refractivity contribution in [3.63, 3.8) is 0 Å². The quantitative estimate of drug-likeness (QED) is 0.632. The topological polar surface area (TPSA) is 64.3 Å². The van der Waals surface area contributed by atoms with Crippen molar-refractivity contribution in [1.82, 2.24) is 5.32 Å². The first-order chi connectivity index (χ1) is 10.1. The molecule has 2 aromatic carbocycles. The molecule has 3 N–H and O–H groups in total. The van der Waals surface area contributed by atoms with Crippen molar-refractivity contribution in [3.05, 3.63) is 59.7 Å². The fourth-order valence-electron chi connectivity index (χ4n) is 2.02. The lowest BCUT2D eigenvalue weighted by atomic mass is 10.1. The fraction of sp³-hybridized carbons (Fsp3) is 0.235. The van der Waals surface area contributed by atoms with Gasteiger partial charge in [0.15, 0.2) is 0 Å². The summed E-state index contributed by atoms with van der Waals surface area (Å²) < 4.78 is 5.57. The molecule has 2 rings (SSSR count). The average Bonchev–Trinajstić information content (AvgIpc) is 2.44. The van der Waals surface area contributed by atoms with Crippen molar-refractivity contribution < 1.29 is 9.53 Å². The molecule has 4 nitrogen and oxygen atoms in total. The second-order valence-electron chi connectivity index (χ2n) is 4.94. The summed E-state index contributed by atoms with van der Waals surface area (Å²) in [6.45, 7) is 2.95. The number of benzene rings is 2. The summed E-state index contributed by atoms with van der Waals surface area (Å²) in [6, 6.07) is 15.2. The molecule has 0 spiro atoms. The molecule has 0 fully saturated rings. The number of carbonyl (C=O) groups is 1. The van der Waals surface area contributed by atoms with Gasteiger partial charge >= 0.3 is 0 Å². The minimum absolute atomic E-state index is 0.0338. The number of nitrogens with one attached hydrogen (secondary N) is 1. The molecule has 0 radical (unpaired) electrons. The average molecular weight is 284 g/mol. The molecule has 2 aromatic rings. The van der Waals surface area contributed by atoms with Crippen LogP contribution in [0.15, 0.2) is 48.5 Å². The van der Waals surface area contributed by atoms with E-state index in [1.165, 1.54) is 0 Å². The van der Waals surface area contributed by atoms with Crippen LogP contribution in [-0.2, 0) is 11.2 Å². The molecule has 0 bridgehead atoms. The molecule has 0 saturated carbocycles. The predicted molar refractivity (Wildman–Crippen MR) is 84.2 cm³/mol. The van der Waals surface area contributed by atoms with Crippen LogP contribution < -0.4 is 15.8 Å². The van der Waals surface area contributed by atoms with Crippen LogP contribution in [0.3, 0.4) is 0 Å². The third kappa shape index (κ3) is 5.18. The van der Waals surface area contributed by atoms with Crippen LogP contribution in [0.4, 0.5) is 5.69 Å². The van der Waals surface area contributed by atoms with Gasteiger partial charge in [0.05, 0.1) is 13.0 Å². The lowest BCUT2D eigenvalue weighted by Gasteiger charge is -2.08. The largest absolute Gasteiger partial charge is 0.492 e. The summed E-state index contributed by atoms with van der Waals surface area (Å²) in [7, 11) is 0. The Kier molecular flexibility index (Phi) is 5.21. The second kappa shape index (κ2) is 7.33. The van der Waals surface area contributed by atoms with Crippen molar-refractivity contribution >= 4 is 11.6 Å². The molecule has 0 atom stereocenters. The maximum Gasteiger partial charge on any atom is 0.224 e. The summed E-state index contributed by atoms with van der Waals surface area (Å²) in [5, 5.41) is 2.83. The predicted octanol–water partition coefficient (Wildman–Crippen LogP) is 2.31. The molecule has 1 amide bonds. The molecule has 0 aliphatic rings. The maximum atomic E-state index is 11.8. The highest BCUT2D eigenvalue weighted by molar-refractivity contribution is 5.78. The number of ether oxygens (including phenoxy) is 1. The number of nitrogens with two attached hydrogens (primary N) is 1. The van der Waals surface area contributed by atoms with Gasteiger partial charge in [-0.1, -0.05) is 24.3 Å². The third-order valence-corrected chi connectivity index (χ3v) is 3.00. The van der Waals surface area contributed by atoms with Gasteiger partial charge in [-0.05, 0) is 42.3 Å². The highest BCUT2D eigenvalue weighted by atomic mass is 16.5. The number of carbonyl (C=O) groups excluding carboxylic acids is 1. The SMILES string of the molecule is Cc1cccc(OCCNC(=O)Cc2cccc(N)c2)c1. The fourth-order valence-corrected chi connectivity index (χ4v) is 2.02. The molecular weight excluding hydrogens is 264 g/mol. The lowest BCUT2D eigenvalue weighted by Crippen LogP contribution is -2.29. The van der Waals surface area contributed by atoms with Crippen molar-refractivity contribution in [3.8, 4) is 5.75 Å². The monoisotopic (exact) mass is 284 g/mol. The molecule has 0 aliphatic heterocycles. The van der Waals surface area contributed by atoms with Gasteiger partial charge in [0, 0.05) is 5.69 Å². The minimum Gasteiger partial charge on any atom is -0.492 e. The molecule has 0 unspecified atom stereocenters. The lowest BCUT2D eigenvalue weighted by molar-refractivity contribution is -0.120. The zero-order valence-electron chi connectivity index (χ0n) is 12.1.